The van der Waals surface area contributed by atoms with Gasteiger partial charge in [0, 0.05) is 12.6 Å². The summed E-state index contributed by atoms with van der Waals surface area (Å²) in [5.41, 5.74) is 1.03. The number of sulfonamides is 1. The lowest BCUT2D eigenvalue weighted by Crippen LogP contribution is -2.24. The number of aryl methyl sites for hydroxylation is 1. The summed E-state index contributed by atoms with van der Waals surface area (Å²) in [6.45, 7) is 3.13. The zero-order valence-electron chi connectivity index (χ0n) is 11.7. The number of rotatable bonds is 5. The van der Waals surface area contributed by atoms with Crippen molar-refractivity contribution >= 4 is 21.6 Å². The van der Waals surface area contributed by atoms with Gasteiger partial charge in [0.15, 0.2) is 0 Å². The SMILES string of the molecule is CC(=O)Nc1ccc(C)c(S(=O)(=O)NCc2ccco2)c1. The standard InChI is InChI=1S/C14H16N2O4S/c1-10-5-6-12(16-11(2)17)8-14(10)21(18,19)15-9-13-4-3-7-20-13/h3-8,15H,9H2,1-2H3,(H,16,17). The summed E-state index contributed by atoms with van der Waals surface area (Å²) in [4.78, 5) is 11.2. The molecule has 0 spiro atoms. The molecule has 6 nitrogen and oxygen atoms in total. The summed E-state index contributed by atoms with van der Waals surface area (Å²) in [7, 11) is -3.69. The van der Waals surface area contributed by atoms with Crippen LogP contribution in [0.1, 0.15) is 18.2 Å². The predicted octanol–water partition coefficient (Wildman–Crippen LogP) is 2.02. The Balaban J connectivity index is 2.23. The molecule has 0 fully saturated rings. The first-order valence-electron chi connectivity index (χ1n) is 6.29. The minimum absolute atomic E-state index is 0.0686. The van der Waals surface area contributed by atoms with Gasteiger partial charge in [0.05, 0.1) is 17.7 Å². The van der Waals surface area contributed by atoms with E-state index in [4.69, 9.17) is 4.42 Å². The van der Waals surface area contributed by atoms with Crippen LogP contribution in [0.3, 0.4) is 0 Å². The van der Waals surface area contributed by atoms with Gasteiger partial charge < -0.3 is 9.73 Å². The normalized spacial score (nSPS) is 11.3. The number of carbonyl (C=O) groups excluding carboxylic acids is 1. The molecule has 0 atom stereocenters. The molecule has 0 bridgehead atoms. The molecule has 0 saturated carbocycles. The van der Waals surface area contributed by atoms with Gasteiger partial charge in [-0.25, -0.2) is 13.1 Å². The maximum Gasteiger partial charge on any atom is 0.241 e. The molecule has 1 aromatic carbocycles. The van der Waals surface area contributed by atoms with Crippen LogP contribution in [0.25, 0.3) is 0 Å². The van der Waals surface area contributed by atoms with E-state index in [0.717, 1.165) is 0 Å². The number of anilines is 1. The van der Waals surface area contributed by atoms with Crippen LogP contribution in [0, 0.1) is 6.92 Å². The van der Waals surface area contributed by atoms with Gasteiger partial charge in [-0.3, -0.25) is 4.79 Å². The molecule has 0 saturated heterocycles. The third kappa shape index (κ3) is 3.93. The minimum atomic E-state index is -3.69. The van der Waals surface area contributed by atoms with E-state index in [1.165, 1.54) is 19.3 Å². The van der Waals surface area contributed by atoms with E-state index in [9.17, 15) is 13.2 Å². The molecule has 0 radical (unpaired) electrons. The first kappa shape index (κ1) is 15.3. The van der Waals surface area contributed by atoms with E-state index in [0.29, 0.717) is 17.0 Å². The van der Waals surface area contributed by atoms with Crippen LogP contribution in [-0.4, -0.2) is 14.3 Å². The highest BCUT2D eigenvalue weighted by atomic mass is 32.2. The number of benzene rings is 1. The lowest BCUT2D eigenvalue weighted by atomic mass is 10.2. The molecule has 0 aliphatic carbocycles. The summed E-state index contributed by atoms with van der Waals surface area (Å²) < 4.78 is 32.2. The van der Waals surface area contributed by atoms with Crippen molar-refractivity contribution in [1.82, 2.24) is 4.72 Å². The number of carbonyl (C=O) groups is 1. The topological polar surface area (TPSA) is 88.4 Å². The molecule has 112 valence electrons. The van der Waals surface area contributed by atoms with Crippen molar-refractivity contribution < 1.29 is 17.6 Å². The molecule has 0 unspecified atom stereocenters. The van der Waals surface area contributed by atoms with Crippen molar-refractivity contribution in [2.75, 3.05) is 5.32 Å². The minimum Gasteiger partial charge on any atom is -0.468 e. The monoisotopic (exact) mass is 308 g/mol. The van der Waals surface area contributed by atoms with Crippen molar-refractivity contribution in [3.05, 3.63) is 47.9 Å². The fourth-order valence-corrected chi connectivity index (χ4v) is 3.09. The van der Waals surface area contributed by atoms with Gasteiger partial charge >= 0.3 is 0 Å². The van der Waals surface area contributed by atoms with Crippen LogP contribution in [0.2, 0.25) is 0 Å². The third-order valence-corrected chi connectivity index (χ3v) is 4.36. The van der Waals surface area contributed by atoms with E-state index in [1.807, 2.05) is 0 Å². The first-order chi connectivity index (χ1) is 9.88. The molecule has 2 rings (SSSR count). The van der Waals surface area contributed by atoms with E-state index < -0.39 is 10.0 Å². The second kappa shape index (κ2) is 6.11. The average molecular weight is 308 g/mol. The number of hydrogen-bond donors (Lipinski definition) is 2. The van der Waals surface area contributed by atoms with Gasteiger partial charge in [0.1, 0.15) is 5.76 Å². The average Bonchev–Trinajstić information content (AvgIpc) is 2.91. The van der Waals surface area contributed by atoms with Gasteiger partial charge in [-0.2, -0.15) is 0 Å². The number of hydrogen-bond acceptors (Lipinski definition) is 4. The van der Waals surface area contributed by atoms with Crippen LogP contribution in [0.4, 0.5) is 5.69 Å². The van der Waals surface area contributed by atoms with E-state index in [1.54, 1.807) is 31.2 Å². The molecule has 2 aromatic rings. The van der Waals surface area contributed by atoms with Crippen molar-refractivity contribution in [2.45, 2.75) is 25.3 Å². The van der Waals surface area contributed by atoms with Crippen molar-refractivity contribution in [3.8, 4) is 0 Å². The Hall–Kier alpha value is -2.12. The molecule has 0 aliphatic heterocycles. The molecule has 2 N–H and O–H groups in total. The fourth-order valence-electron chi connectivity index (χ4n) is 1.83. The number of nitrogens with one attached hydrogen (secondary N) is 2. The van der Waals surface area contributed by atoms with E-state index in [-0.39, 0.29) is 17.3 Å². The van der Waals surface area contributed by atoms with Crippen molar-refractivity contribution in [3.63, 3.8) is 0 Å². The largest absolute Gasteiger partial charge is 0.468 e. The van der Waals surface area contributed by atoms with Crippen LogP contribution >= 0.6 is 0 Å². The maximum atomic E-state index is 12.3. The molecule has 0 aliphatic rings. The number of furan rings is 1. The molecular formula is C14H16N2O4S. The first-order valence-corrected chi connectivity index (χ1v) is 7.77. The molecular weight excluding hydrogens is 292 g/mol. The lowest BCUT2D eigenvalue weighted by Gasteiger charge is -2.11. The van der Waals surface area contributed by atoms with Crippen LogP contribution in [0.15, 0.2) is 45.9 Å². The highest BCUT2D eigenvalue weighted by Crippen LogP contribution is 2.20. The molecule has 1 heterocycles. The maximum absolute atomic E-state index is 12.3. The summed E-state index contributed by atoms with van der Waals surface area (Å²) in [5, 5.41) is 2.56. The number of amides is 1. The quantitative estimate of drug-likeness (QED) is 0.884. The van der Waals surface area contributed by atoms with Gasteiger partial charge in [0.25, 0.3) is 0 Å². The van der Waals surface area contributed by atoms with Gasteiger partial charge in [0.2, 0.25) is 15.9 Å². The zero-order chi connectivity index (χ0) is 15.5. The summed E-state index contributed by atoms with van der Waals surface area (Å²) in [5.74, 6) is 0.264. The molecule has 7 heteroatoms. The fraction of sp³-hybridized carbons (Fsp3) is 0.214. The lowest BCUT2D eigenvalue weighted by molar-refractivity contribution is -0.114. The predicted molar refractivity (Wildman–Crippen MR) is 78.2 cm³/mol. The Bertz CT molecular complexity index is 736. The molecule has 1 aromatic heterocycles. The van der Waals surface area contributed by atoms with Gasteiger partial charge in [-0.1, -0.05) is 6.07 Å². The van der Waals surface area contributed by atoms with Crippen LogP contribution in [0.5, 0.6) is 0 Å². The van der Waals surface area contributed by atoms with Gasteiger partial charge in [-0.05, 0) is 36.8 Å². The summed E-state index contributed by atoms with van der Waals surface area (Å²) in [6.07, 6.45) is 1.48. The zero-order valence-corrected chi connectivity index (χ0v) is 12.5. The summed E-state index contributed by atoms with van der Waals surface area (Å²) >= 11 is 0. The summed E-state index contributed by atoms with van der Waals surface area (Å²) in [6, 6.07) is 8.10. The molecule has 1 amide bonds. The molecule has 21 heavy (non-hydrogen) atoms. The van der Waals surface area contributed by atoms with Crippen molar-refractivity contribution in [1.29, 1.82) is 0 Å². The second-order valence-corrected chi connectivity index (χ2v) is 6.30. The Morgan fingerprint density at radius 3 is 2.67 bits per heavy atom. The van der Waals surface area contributed by atoms with E-state index >= 15 is 0 Å². The third-order valence-electron chi connectivity index (χ3n) is 2.81. The highest BCUT2D eigenvalue weighted by Gasteiger charge is 2.18. The Morgan fingerprint density at radius 2 is 2.05 bits per heavy atom. The van der Waals surface area contributed by atoms with Crippen molar-refractivity contribution in [2.24, 2.45) is 0 Å². The van der Waals surface area contributed by atoms with Gasteiger partial charge in [-0.15, -0.1) is 0 Å². The Kier molecular flexibility index (Phi) is 4.44. The highest BCUT2D eigenvalue weighted by molar-refractivity contribution is 7.89. The Morgan fingerprint density at radius 1 is 1.29 bits per heavy atom. The van der Waals surface area contributed by atoms with Crippen LogP contribution in [-0.2, 0) is 21.4 Å². The second-order valence-electron chi connectivity index (χ2n) is 4.57. The van der Waals surface area contributed by atoms with E-state index in [2.05, 4.69) is 10.0 Å². The van der Waals surface area contributed by atoms with Crippen LogP contribution < -0.4 is 10.0 Å². The Labute approximate surface area is 123 Å². The smallest absolute Gasteiger partial charge is 0.241 e.